The van der Waals surface area contributed by atoms with Crippen LogP contribution in [0, 0.1) is 5.41 Å². The van der Waals surface area contributed by atoms with Crippen molar-refractivity contribution >= 4 is 0 Å². The van der Waals surface area contributed by atoms with Gasteiger partial charge in [-0.1, -0.05) is 13.8 Å². The third-order valence-electron chi connectivity index (χ3n) is 4.59. The molecular formula is C14H30N2O. The minimum absolute atomic E-state index is 0.0812. The summed E-state index contributed by atoms with van der Waals surface area (Å²) in [4.78, 5) is 2.48. The van der Waals surface area contributed by atoms with Crippen molar-refractivity contribution in [1.29, 1.82) is 0 Å². The maximum atomic E-state index is 9.50. The zero-order valence-electron chi connectivity index (χ0n) is 12.0. The number of nitrogens with zero attached hydrogens (tertiary/aromatic N) is 1. The van der Waals surface area contributed by atoms with Crippen LogP contribution in [0.15, 0.2) is 0 Å². The normalized spacial score (nSPS) is 18.7. The molecule has 3 nitrogen and oxygen atoms in total. The first-order chi connectivity index (χ1) is 8.08. The van der Waals surface area contributed by atoms with E-state index in [4.69, 9.17) is 0 Å². The molecule has 0 aromatic rings. The van der Waals surface area contributed by atoms with E-state index in [1.54, 1.807) is 0 Å². The zero-order chi connectivity index (χ0) is 12.9. The van der Waals surface area contributed by atoms with Crippen LogP contribution >= 0.6 is 0 Å². The molecule has 1 saturated carbocycles. The Hall–Kier alpha value is -0.120. The Morgan fingerprint density at radius 2 is 1.94 bits per heavy atom. The molecule has 1 fully saturated rings. The molecule has 0 spiro atoms. The number of hydrogen-bond donors (Lipinski definition) is 2. The Labute approximate surface area is 107 Å². The van der Waals surface area contributed by atoms with Gasteiger partial charge in [0.25, 0.3) is 0 Å². The molecule has 0 saturated heterocycles. The Kier molecular flexibility index (Phi) is 5.90. The molecule has 1 aliphatic carbocycles. The van der Waals surface area contributed by atoms with Crippen molar-refractivity contribution in [3.8, 4) is 0 Å². The summed E-state index contributed by atoms with van der Waals surface area (Å²) in [5.41, 5.74) is 0.0812. The lowest BCUT2D eigenvalue weighted by molar-refractivity contribution is 0.110. The fraction of sp³-hybridized carbons (Fsp3) is 1.00. The molecule has 1 atom stereocenters. The van der Waals surface area contributed by atoms with Crippen LogP contribution in [0.25, 0.3) is 0 Å². The van der Waals surface area contributed by atoms with E-state index in [2.05, 4.69) is 38.0 Å². The maximum Gasteiger partial charge on any atom is 0.0499 e. The van der Waals surface area contributed by atoms with Crippen molar-refractivity contribution in [1.82, 2.24) is 10.2 Å². The molecule has 0 aromatic heterocycles. The lowest BCUT2D eigenvalue weighted by atomic mass is 9.83. The van der Waals surface area contributed by atoms with Crippen molar-refractivity contribution < 1.29 is 5.11 Å². The van der Waals surface area contributed by atoms with Crippen molar-refractivity contribution in [3.05, 3.63) is 0 Å². The second-order valence-corrected chi connectivity index (χ2v) is 5.74. The topological polar surface area (TPSA) is 35.5 Å². The van der Waals surface area contributed by atoms with E-state index >= 15 is 0 Å². The van der Waals surface area contributed by atoms with Crippen molar-refractivity contribution in [2.24, 2.45) is 5.41 Å². The molecule has 0 amide bonds. The van der Waals surface area contributed by atoms with E-state index in [1.165, 1.54) is 12.8 Å². The summed E-state index contributed by atoms with van der Waals surface area (Å²) in [6.07, 6.45) is 4.82. The smallest absolute Gasteiger partial charge is 0.0499 e. The molecule has 1 rings (SSSR count). The van der Waals surface area contributed by atoms with Crippen LogP contribution in [0.3, 0.4) is 0 Å². The molecule has 0 heterocycles. The molecule has 102 valence electrons. The van der Waals surface area contributed by atoms with Crippen LogP contribution in [0.1, 0.15) is 46.5 Å². The summed E-state index contributed by atoms with van der Waals surface area (Å²) < 4.78 is 0. The summed E-state index contributed by atoms with van der Waals surface area (Å²) in [5.74, 6) is 0. The first-order valence-electron chi connectivity index (χ1n) is 7.12. The lowest BCUT2D eigenvalue weighted by Crippen LogP contribution is -2.43. The Balaban J connectivity index is 2.25. The van der Waals surface area contributed by atoms with Gasteiger partial charge in [-0.05, 0) is 39.7 Å². The summed E-state index contributed by atoms with van der Waals surface area (Å²) in [6, 6.07) is 1.42. The molecule has 0 radical (unpaired) electrons. The third-order valence-corrected chi connectivity index (χ3v) is 4.59. The van der Waals surface area contributed by atoms with E-state index in [0.717, 1.165) is 32.0 Å². The minimum Gasteiger partial charge on any atom is -0.396 e. The van der Waals surface area contributed by atoms with Crippen LogP contribution in [0.2, 0.25) is 0 Å². The molecule has 0 aliphatic heterocycles. The van der Waals surface area contributed by atoms with Gasteiger partial charge in [0.15, 0.2) is 0 Å². The third kappa shape index (κ3) is 4.23. The summed E-state index contributed by atoms with van der Waals surface area (Å²) >= 11 is 0. The molecule has 0 aromatic carbocycles. The highest BCUT2D eigenvalue weighted by Crippen LogP contribution is 2.27. The fourth-order valence-electron chi connectivity index (χ4n) is 2.31. The van der Waals surface area contributed by atoms with Crippen LogP contribution in [0.4, 0.5) is 0 Å². The Morgan fingerprint density at radius 3 is 2.35 bits per heavy atom. The maximum absolute atomic E-state index is 9.50. The monoisotopic (exact) mass is 242 g/mol. The van der Waals surface area contributed by atoms with Crippen LogP contribution in [-0.4, -0.2) is 48.8 Å². The Bertz CT molecular complexity index is 204. The average molecular weight is 242 g/mol. The molecule has 17 heavy (non-hydrogen) atoms. The second-order valence-electron chi connectivity index (χ2n) is 5.74. The van der Waals surface area contributed by atoms with Gasteiger partial charge in [0.05, 0.1) is 0 Å². The minimum atomic E-state index is 0.0812. The van der Waals surface area contributed by atoms with Gasteiger partial charge < -0.3 is 10.4 Å². The summed E-state index contributed by atoms with van der Waals surface area (Å²) in [6.45, 7) is 8.86. The lowest BCUT2D eigenvalue weighted by Gasteiger charge is -2.31. The highest BCUT2D eigenvalue weighted by molar-refractivity contribution is 4.86. The van der Waals surface area contributed by atoms with Gasteiger partial charge in [0.2, 0.25) is 0 Å². The van der Waals surface area contributed by atoms with E-state index < -0.39 is 0 Å². The highest BCUT2D eigenvalue weighted by Gasteiger charge is 2.29. The predicted molar refractivity (Wildman–Crippen MR) is 73.2 cm³/mol. The van der Waals surface area contributed by atoms with E-state index in [0.29, 0.717) is 12.6 Å². The largest absolute Gasteiger partial charge is 0.396 e. The van der Waals surface area contributed by atoms with Gasteiger partial charge >= 0.3 is 0 Å². The fourth-order valence-corrected chi connectivity index (χ4v) is 2.31. The molecule has 1 unspecified atom stereocenters. The van der Waals surface area contributed by atoms with Gasteiger partial charge in [-0.15, -0.1) is 0 Å². The standard InChI is InChI=1S/C14H30N2O/c1-5-14(6-2,11-17)10-15-9-12(3)16(4)13-7-8-13/h12-13,15,17H,5-11H2,1-4H3. The highest BCUT2D eigenvalue weighted by atomic mass is 16.3. The number of hydrogen-bond acceptors (Lipinski definition) is 3. The van der Waals surface area contributed by atoms with E-state index in [1.807, 2.05) is 0 Å². The quantitative estimate of drug-likeness (QED) is 0.648. The predicted octanol–water partition coefficient (Wildman–Crippen LogP) is 1.86. The summed E-state index contributed by atoms with van der Waals surface area (Å²) in [7, 11) is 2.23. The number of nitrogens with one attached hydrogen (secondary N) is 1. The zero-order valence-corrected chi connectivity index (χ0v) is 12.0. The first kappa shape index (κ1) is 14.9. The van der Waals surface area contributed by atoms with Crippen molar-refractivity contribution in [2.45, 2.75) is 58.5 Å². The SMILES string of the molecule is CCC(CC)(CO)CNCC(C)N(C)C1CC1. The first-order valence-corrected chi connectivity index (χ1v) is 7.12. The number of aliphatic hydroxyl groups excluding tert-OH is 1. The van der Waals surface area contributed by atoms with Crippen molar-refractivity contribution in [2.75, 3.05) is 26.7 Å². The van der Waals surface area contributed by atoms with Gasteiger partial charge in [-0.25, -0.2) is 0 Å². The number of likely N-dealkylation sites (N-methyl/N-ethyl adjacent to an activating group) is 1. The molecule has 2 N–H and O–H groups in total. The van der Waals surface area contributed by atoms with Gasteiger partial charge in [0.1, 0.15) is 0 Å². The van der Waals surface area contributed by atoms with Crippen molar-refractivity contribution in [3.63, 3.8) is 0 Å². The van der Waals surface area contributed by atoms with Crippen LogP contribution in [0.5, 0.6) is 0 Å². The van der Waals surface area contributed by atoms with Crippen LogP contribution in [-0.2, 0) is 0 Å². The molecule has 3 heteroatoms. The molecular weight excluding hydrogens is 212 g/mol. The summed E-state index contributed by atoms with van der Waals surface area (Å²) in [5, 5.41) is 13.0. The van der Waals surface area contributed by atoms with Gasteiger partial charge in [0, 0.05) is 37.2 Å². The van der Waals surface area contributed by atoms with E-state index in [9.17, 15) is 5.11 Å². The number of rotatable bonds is 9. The Morgan fingerprint density at radius 1 is 1.35 bits per heavy atom. The average Bonchev–Trinajstić information content (AvgIpc) is 3.18. The second kappa shape index (κ2) is 6.72. The van der Waals surface area contributed by atoms with Gasteiger partial charge in [-0.2, -0.15) is 0 Å². The van der Waals surface area contributed by atoms with Gasteiger partial charge in [-0.3, -0.25) is 4.90 Å². The number of aliphatic hydroxyl groups is 1. The van der Waals surface area contributed by atoms with Crippen LogP contribution < -0.4 is 5.32 Å². The molecule has 1 aliphatic rings. The molecule has 0 bridgehead atoms. The van der Waals surface area contributed by atoms with E-state index in [-0.39, 0.29) is 5.41 Å².